The minimum Gasteiger partial charge on any atom is -0.399 e. The molecule has 0 atom stereocenters. The summed E-state index contributed by atoms with van der Waals surface area (Å²) in [7, 11) is 0. The molecule has 2 nitrogen and oxygen atoms in total. The molecule has 0 bridgehead atoms. The van der Waals surface area contributed by atoms with E-state index in [-0.39, 0.29) is 11.7 Å². The summed E-state index contributed by atoms with van der Waals surface area (Å²) >= 11 is 1.15. The molecule has 16 heavy (non-hydrogen) atoms. The molecule has 0 aliphatic carbocycles. The summed E-state index contributed by atoms with van der Waals surface area (Å²) in [6, 6.07) is 3.19. The van der Waals surface area contributed by atoms with Crippen molar-refractivity contribution in [3.8, 4) is 0 Å². The van der Waals surface area contributed by atoms with Gasteiger partial charge < -0.3 is 5.73 Å². The smallest absolute Gasteiger partial charge is 0.228 e. The van der Waals surface area contributed by atoms with E-state index in [1.54, 1.807) is 6.07 Å². The zero-order chi connectivity index (χ0) is 11.9. The maximum Gasteiger partial charge on any atom is 0.228 e. The minimum absolute atomic E-state index is 0.248. The average Bonchev–Trinajstić information content (AvgIpc) is 2.55. The normalized spacial score (nSPS) is 10.9. The maximum absolute atomic E-state index is 13.6. The number of nitrogens with zero attached hydrogens (tertiary/aromatic N) is 1. The van der Waals surface area contributed by atoms with Gasteiger partial charge in [-0.2, -0.15) is 0 Å². The van der Waals surface area contributed by atoms with Crippen LogP contribution in [0.15, 0.2) is 12.1 Å². The van der Waals surface area contributed by atoms with Crippen LogP contribution in [0.1, 0.15) is 25.3 Å². The lowest BCUT2D eigenvalue weighted by Gasteiger charge is -2.08. The Morgan fingerprint density at radius 3 is 2.69 bits per heavy atom. The van der Waals surface area contributed by atoms with Crippen molar-refractivity contribution >= 4 is 32.1 Å². The van der Waals surface area contributed by atoms with Crippen LogP contribution >= 0.6 is 11.3 Å². The standard InChI is InChI=1S/C12H11FN2S/c1-6(2)7-4-5-8(13)11-9(7)10(15-3)12(14)16-11/h4-6H,14H2,1-2H3. The predicted octanol–water partition coefficient (Wildman–Crippen LogP) is 4.30. The van der Waals surface area contributed by atoms with Gasteiger partial charge in [-0.15, -0.1) is 11.3 Å². The zero-order valence-electron chi connectivity index (χ0n) is 9.04. The number of hydrogen-bond acceptors (Lipinski definition) is 2. The molecule has 0 amide bonds. The Balaban J connectivity index is 2.96. The van der Waals surface area contributed by atoms with E-state index in [0.29, 0.717) is 20.8 Å². The number of rotatable bonds is 1. The molecule has 0 fully saturated rings. The average molecular weight is 234 g/mol. The summed E-state index contributed by atoms with van der Waals surface area (Å²) in [5.74, 6) is -0.0522. The van der Waals surface area contributed by atoms with Gasteiger partial charge in [-0.1, -0.05) is 19.9 Å². The summed E-state index contributed by atoms with van der Waals surface area (Å²) in [6.07, 6.45) is 0. The van der Waals surface area contributed by atoms with Gasteiger partial charge in [0.15, 0.2) is 0 Å². The fourth-order valence-electron chi connectivity index (χ4n) is 1.79. The molecule has 4 heteroatoms. The molecule has 82 valence electrons. The number of anilines is 1. The number of thiophene rings is 1. The molecule has 1 heterocycles. The molecule has 0 unspecified atom stereocenters. The molecule has 1 aromatic carbocycles. The first-order valence-corrected chi connectivity index (χ1v) is 5.75. The first kappa shape index (κ1) is 10.9. The van der Waals surface area contributed by atoms with E-state index in [1.807, 2.05) is 13.8 Å². The van der Waals surface area contributed by atoms with E-state index in [2.05, 4.69) is 4.85 Å². The highest BCUT2D eigenvalue weighted by atomic mass is 32.1. The van der Waals surface area contributed by atoms with Gasteiger partial charge in [-0.25, -0.2) is 9.24 Å². The van der Waals surface area contributed by atoms with Crippen LogP contribution in [0.3, 0.4) is 0 Å². The van der Waals surface area contributed by atoms with Gasteiger partial charge in [0.1, 0.15) is 5.82 Å². The number of benzene rings is 1. The molecular weight excluding hydrogens is 223 g/mol. The summed E-state index contributed by atoms with van der Waals surface area (Å²) in [4.78, 5) is 3.41. The number of hydrogen-bond donors (Lipinski definition) is 1. The highest BCUT2D eigenvalue weighted by molar-refractivity contribution is 7.23. The molecule has 0 spiro atoms. The highest BCUT2D eigenvalue weighted by Crippen LogP contribution is 2.44. The molecular formula is C12H11FN2S. The van der Waals surface area contributed by atoms with Crippen molar-refractivity contribution in [1.29, 1.82) is 0 Å². The van der Waals surface area contributed by atoms with Crippen LogP contribution in [0.5, 0.6) is 0 Å². The van der Waals surface area contributed by atoms with Gasteiger partial charge in [0.2, 0.25) is 5.69 Å². The second kappa shape index (κ2) is 3.76. The first-order valence-electron chi connectivity index (χ1n) is 4.94. The Kier molecular flexibility index (Phi) is 2.56. The second-order valence-electron chi connectivity index (χ2n) is 3.92. The Labute approximate surface area is 97.3 Å². The summed E-state index contributed by atoms with van der Waals surface area (Å²) in [5, 5.41) is 1.09. The topological polar surface area (TPSA) is 30.4 Å². The van der Waals surface area contributed by atoms with Crippen LogP contribution in [-0.4, -0.2) is 0 Å². The highest BCUT2D eigenvalue weighted by Gasteiger charge is 2.17. The Bertz CT molecular complexity index is 593. The number of nitrogens with two attached hydrogens (primary N) is 1. The molecule has 0 aliphatic rings. The Morgan fingerprint density at radius 2 is 2.12 bits per heavy atom. The maximum atomic E-state index is 13.6. The molecule has 1 aromatic heterocycles. The first-order chi connectivity index (χ1) is 7.56. The van der Waals surface area contributed by atoms with Gasteiger partial charge in [0.25, 0.3) is 0 Å². The van der Waals surface area contributed by atoms with Gasteiger partial charge >= 0.3 is 0 Å². The predicted molar refractivity (Wildman–Crippen MR) is 66.5 cm³/mol. The molecule has 0 saturated heterocycles. The van der Waals surface area contributed by atoms with Crippen molar-refractivity contribution in [3.63, 3.8) is 0 Å². The molecule has 2 rings (SSSR count). The fraction of sp³-hybridized carbons (Fsp3) is 0.250. The third-order valence-corrected chi connectivity index (χ3v) is 3.57. The lowest BCUT2D eigenvalue weighted by molar-refractivity contribution is 0.641. The van der Waals surface area contributed by atoms with Crippen molar-refractivity contribution in [3.05, 3.63) is 34.9 Å². The zero-order valence-corrected chi connectivity index (χ0v) is 9.86. The van der Waals surface area contributed by atoms with Crippen molar-refractivity contribution in [1.82, 2.24) is 0 Å². The molecule has 2 aromatic rings. The summed E-state index contributed by atoms with van der Waals surface area (Å²) in [6.45, 7) is 11.2. The van der Waals surface area contributed by atoms with E-state index in [4.69, 9.17) is 12.3 Å². The van der Waals surface area contributed by atoms with E-state index in [1.165, 1.54) is 6.07 Å². The van der Waals surface area contributed by atoms with Crippen LogP contribution in [-0.2, 0) is 0 Å². The molecule has 2 N–H and O–H groups in total. The monoisotopic (exact) mass is 234 g/mol. The minimum atomic E-state index is -0.300. The largest absolute Gasteiger partial charge is 0.399 e. The van der Waals surface area contributed by atoms with Crippen LogP contribution in [0.25, 0.3) is 14.9 Å². The quantitative estimate of drug-likeness (QED) is 0.733. The van der Waals surface area contributed by atoms with Gasteiger partial charge in [0, 0.05) is 5.39 Å². The second-order valence-corrected chi connectivity index (χ2v) is 4.97. The summed E-state index contributed by atoms with van der Waals surface area (Å²) < 4.78 is 14.1. The van der Waals surface area contributed by atoms with Crippen molar-refractivity contribution in [2.45, 2.75) is 19.8 Å². The van der Waals surface area contributed by atoms with E-state index >= 15 is 0 Å². The lowest BCUT2D eigenvalue weighted by Crippen LogP contribution is -1.89. The van der Waals surface area contributed by atoms with Crippen LogP contribution in [0.4, 0.5) is 15.1 Å². The van der Waals surface area contributed by atoms with Crippen LogP contribution in [0, 0.1) is 12.4 Å². The SMILES string of the molecule is [C-]#[N+]c1c(N)sc2c(F)ccc(C(C)C)c12. The van der Waals surface area contributed by atoms with Crippen LogP contribution < -0.4 is 5.73 Å². The number of halogens is 1. The fourth-order valence-corrected chi connectivity index (χ4v) is 2.74. The van der Waals surface area contributed by atoms with Crippen molar-refractivity contribution < 1.29 is 4.39 Å². The van der Waals surface area contributed by atoms with Gasteiger partial charge in [0.05, 0.1) is 16.3 Å². The van der Waals surface area contributed by atoms with E-state index in [0.717, 1.165) is 16.9 Å². The van der Waals surface area contributed by atoms with Gasteiger partial charge in [-0.05, 0) is 17.5 Å². The van der Waals surface area contributed by atoms with E-state index < -0.39 is 0 Å². The Morgan fingerprint density at radius 1 is 1.44 bits per heavy atom. The van der Waals surface area contributed by atoms with E-state index in [9.17, 15) is 4.39 Å². The number of nitrogen functional groups attached to an aromatic ring is 1. The van der Waals surface area contributed by atoms with Crippen LogP contribution in [0.2, 0.25) is 0 Å². The molecule has 0 aliphatic heterocycles. The van der Waals surface area contributed by atoms with Gasteiger partial charge in [-0.3, -0.25) is 0 Å². The third-order valence-electron chi connectivity index (χ3n) is 2.56. The number of fused-ring (bicyclic) bond motifs is 1. The Hall–Kier alpha value is -1.60. The lowest BCUT2D eigenvalue weighted by atomic mass is 9.98. The van der Waals surface area contributed by atoms with Crippen molar-refractivity contribution in [2.24, 2.45) is 0 Å². The van der Waals surface area contributed by atoms with Crippen molar-refractivity contribution in [2.75, 3.05) is 5.73 Å². The molecule has 0 saturated carbocycles. The third kappa shape index (κ3) is 1.44. The molecule has 0 radical (unpaired) electrons. The summed E-state index contributed by atoms with van der Waals surface area (Å²) in [5.41, 5.74) is 7.11.